The van der Waals surface area contributed by atoms with Crippen molar-refractivity contribution < 1.29 is 14.3 Å². The van der Waals surface area contributed by atoms with E-state index in [1.165, 1.54) is 0 Å². The fourth-order valence-electron chi connectivity index (χ4n) is 2.90. The summed E-state index contributed by atoms with van der Waals surface area (Å²) in [4.78, 5) is 6.28. The lowest BCUT2D eigenvalue weighted by Gasteiger charge is -2.26. The number of furan rings is 1. The summed E-state index contributed by atoms with van der Waals surface area (Å²) < 4.78 is 12.5. The largest absolute Gasteiger partial charge is 0.467 e. The summed E-state index contributed by atoms with van der Waals surface area (Å²) in [6.45, 7) is 3.16. The molecule has 22 heavy (non-hydrogen) atoms. The molecule has 7 heteroatoms. The van der Waals surface area contributed by atoms with Gasteiger partial charge in [-0.3, -0.25) is 9.58 Å². The van der Waals surface area contributed by atoms with E-state index in [0.29, 0.717) is 25.8 Å². The molecule has 2 atom stereocenters. The number of likely N-dealkylation sites (tertiary alicyclic amines) is 1. The number of hydrogen-bond acceptors (Lipinski definition) is 6. The number of rotatable bonds is 8. The average Bonchev–Trinajstić information content (AvgIpc) is 3.23. The molecule has 2 aromatic rings. The minimum absolute atomic E-state index is 0.313. The number of aliphatic hydroxyl groups is 1. The Hall–Kier alpha value is -1.70. The fraction of sp³-hybridized carbons (Fsp3) is 0.600. The molecule has 1 aliphatic heterocycles. The Bertz CT molecular complexity index is 529. The number of nitrogens with zero attached hydrogens (tertiary/aromatic N) is 4. The molecule has 120 valence electrons. The van der Waals surface area contributed by atoms with Crippen molar-refractivity contribution in [2.75, 3.05) is 19.7 Å². The summed E-state index contributed by atoms with van der Waals surface area (Å²) in [5.41, 5.74) is 0. The van der Waals surface area contributed by atoms with E-state index < -0.39 is 6.10 Å². The molecule has 0 amide bonds. The van der Waals surface area contributed by atoms with Gasteiger partial charge in [0, 0.05) is 12.6 Å². The molecule has 7 nitrogen and oxygen atoms in total. The summed E-state index contributed by atoms with van der Waals surface area (Å²) in [7, 11) is 0. The van der Waals surface area contributed by atoms with E-state index in [1.54, 1.807) is 18.9 Å². The molecular formula is C15H22N4O3. The number of hydrogen-bond donors (Lipinski definition) is 1. The van der Waals surface area contributed by atoms with Crippen LogP contribution in [-0.4, -0.2) is 56.6 Å². The molecule has 3 rings (SSSR count). The van der Waals surface area contributed by atoms with Crippen LogP contribution in [0, 0.1) is 0 Å². The quantitative estimate of drug-likeness (QED) is 0.781. The number of aromatic nitrogens is 3. The van der Waals surface area contributed by atoms with Gasteiger partial charge >= 0.3 is 0 Å². The van der Waals surface area contributed by atoms with Gasteiger partial charge in [-0.2, -0.15) is 5.10 Å². The summed E-state index contributed by atoms with van der Waals surface area (Å²) in [6, 6.07) is 4.09. The van der Waals surface area contributed by atoms with E-state index in [9.17, 15) is 5.11 Å². The van der Waals surface area contributed by atoms with Crippen molar-refractivity contribution in [3.63, 3.8) is 0 Å². The molecular weight excluding hydrogens is 284 g/mol. The predicted octanol–water partition coefficient (Wildman–Crippen LogP) is 0.913. The van der Waals surface area contributed by atoms with Crippen LogP contribution in [0.15, 0.2) is 35.5 Å². The van der Waals surface area contributed by atoms with Crippen molar-refractivity contribution in [2.24, 2.45) is 0 Å². The molecule has 2 aromatic heterocycles. The highest BCUT2D eigenvalue weighted by atomic mass is 16.5. The molecule has 3 heterocycles. The van der Waals surface area contributed by atoms with Crippen LogP contribution in [0.4, 0.5) is 0 Å². The Labute approximate surface area is 129 Å². The van der Waals surface area contributed by atoms with Gasteiger partial charge in [0.15, 0.2) is 0 Å². The standard InChI is InChI=1S/C15H22N4O3/c20-14(9-21-10-15-4-2-6-22-15)8-18-5-1-3-13(18)7-19-12-16-11-17-19/h2,4,6,11-14,20H,1,3,5,7-10H2/t13-,14+/m1/s1. The fourth-order valence-corrected chi connectivity index (χ4v) is 2.90. The lowest BCUT2D eigenvalue weighted by molar-refractivity contribution is 0.00212. The van der Waals surface area contributed by atoms with Gasteiger partial charge in [0.05, 0.1) is 25.5 Å². The average molecular weight is 306 g/mol. The van der Waals surface area contributed by atoms with Crippen LogP contribution in [0.2, 0.25) is 0 Å². The van der Waals surface area contributed by atoms with E-state index in [1.807, 2.05) is 16.8 Å². The second-order valence-corrected chi connectivity index (χ2v) is 5.66. The van der Waals surface area contributed by atoms with Crippen LogP contribution in [0.1, 0.15) is 18.6 Å². The van der Waals surface area contributed by atoms with E-state index in [2.05, 4.69) is 15.0 Å². The maximum atomic E-state index is 10.2. The Kier molecular flexibility index (Phi) is 5.20. The minimum atomic E-state index is -0.494. The summed E-state index contributed by atoms with van der Waals surface area (Å²) in [5, 5.41) is 14.3. The van der Waals surface area contributed by atoms with Gasteiger partial charge in [0.1, 0.15) is 25.0 Å². The van der Waals surface area contributed by atoms with E-state index in [0.717, 1.165) is 31.7 Å². The zero-order chi connectivity index (χ0) is 15.2. The van der Waals surface area contributed by atoms with Crippen molar-refractivity contribution >= 4 is 0 Å². The highest BCUT2D eigenvalue weighted by molar-refractivity contribution is 4.96. The maximum absolute atomic E-state index is 10.2. The Balaban J connectivity index is 1.40. The second kappa shape index (κ2) is 7.53. The topological polar surface area (TPSA) is 76.6 Å². The molecule has 0 unspecified atom stereocenters. The normalized spacial score (nSPS) is 20.5. The SMILES string of the molecule is O[C@H](COCc1ccco1)CN1CCC[C@@H]1Cn1cncn1. The Morgan fingerprint density at radius 2 is 2.45 bits per heavy atom. The number of aliphatic hydroxyl groups excluding tert-OH is 1. The zero-order valence-corrected chi connectivity index (χ0v) is 12.5. The first-order valence-electron chi connectivity index (χ1n) is 7.66. The summed E-state index contributed by atoms with van der Waals surface area (Å²) in [5.74, 6) is 0.775. The van der Waals surface area contributed by atoms with Gasteiger partial charge in [-0.15, -0.1) is 0 Å². The number of ether oxygens (including phenoxy) is 1. The smallest absolute Gasteiger partial charge is 0.137 e. The maximum Gasteiger partial charge on any atom is 0.137 e. The van der Waals surface area contributed by atoms with E-state index in [4.69, 9.17) is 9.15 Å². The van der Waals surface area contributed by atoms with Crippen molar-refractivity contribution in [2.45, 2.75) is 38.1 Å². The molecule has 0 bridgehead atoms. The third-order valence-electron chi connectivity index (χ3n) is 3.94. The lowest BCUT2D eigenvalue weighted by atomic mass is 10.2. The Morgan fingerprint density at radius 1 is 1.50 bits per heavy atom. The molecule has 1 fully saturated rings. The van der Waals surface area contributed by atoms with Crippen molar-refractivity contribution in [1.29, 1.82) is 0 Å². The van der Waals surface area contributed by atoms with Crippen LogP contribution >= 0.6 is 0 Å². The molecule has 1 saturated heterocycles. The first-order chi connectivity index (χ1) is 10.8. The Morgan fingerprint density at radius 3 is 3.23 bits per heavy atom. The van der Waals surface area contributed by atoms with Gasteiger partial charge in [0.25, 0.3) is 0 Å². The lowest BCUT2D eigenvalue weighted by Crippen LogP contribution is -2.40. The summed E-state index contributed by atoms with van der Waals surface area (Å²) in [6.07, 6.45) is 6.69. The molecule has 0 radical (unpaired) electrons. The van der Waals surface area contributed by atoms with Crippen molar-refractivity contribution in [1.82, 2.24) is 19.7 Å². The minimum Gasteiger partial charge on any atom is -0.467 e. The van der Waals surface area contributed by atoms with Crippen LogP contribution in [0.3, 0.4) is 0 Å². The highest BCUT2D eigenvalue weighted by Crippen LogP contribution is 2.18. The van der Waals surface area contributed by atoms with E-state index >= 15 is 0 Å². The highest BCUT2D eigenvalue weighted by Gasteiger charge is 2.26. The van der Waals surface area contributed by atoms with Gasteiger partial charge in [-0.05, 0) is 31.5 Å². The van der Waals surface area contributed by atoms with Crippen LogP contribution in [0.5, 0.6) is 0 Å². The second-order valence-electron chi connectivity index (χ2n) is 5.66. The third-order valence-corrected chi connectivity index (χ3v) is 3.94. The predicted molar refractivity (Wildman–Crippen MR) is 79.0 cm³/mol. The van der Waals surface area contributed by atoms with Crippen LogP contribution in [0.25, 0.3) is 0 Å². The van der Waals surface area contributed by atoms with Gasteiger partial charge in [0.2, 0.25) is 0 Å². The molecule has 0 saturated carbocycles. The first kappa shape index (κ1) is 15.2. The van der Waals surface area contributed by atoms with Crippen LogP contribution < -0.4 is 0 Å². The zero-order valence-electron chi connectivity index (χ0n) is 12.5. The van der Waals surface area contributed by atoms with Crippen molar-refractivity contribution in [3.8, 4) is 0 Å². The van der Waals surface area contributed by atoms with Crippen LogP contribution in [-0.2, 0) is 17.9 Å². The van der Waals surface area contributed by atoms with Gasteiger partial charge in [-0.25, -0.2) is 4.98 Å². The monoisotopic (exact) mass is 306 g/mol. The van der Waals surface area contributed by atoms with Crippen molar-refractivity contribution in [3.05, 3.63) is 36.8 Å². The molecule has 1 N–H and O–H groups in total. The third kappa shape index (κ3) is 4.16. The molecule has 1 aliphatic rings. The van der Waals surface area contributed by atoms with Gasteiger partial charge in [-0.1, -0.05) is 0 Å². The molecule has 0 aliphatic carbocycles. The first-order valence-corrected chi connectivity index (χ1v) is 7.66. The number of β-amino-alcohol motifs (C(OH)–C–C–N with tert-alkyl or cyclic N) is 1. The molecule has 0 aromatic carbocycles. The summed E-state index contributed by atoms with van der Waals surface area (Å²) >= 11 is 0. The molecule has 0 spiro atoms. The van der Waals surface area contributed by atoms with E-state index in [-0.39, 0.29) is 0 Å². The van der Waals surface area contributed by atoms with Gasteiger partial charge < -0.3 is 14.3 Å².